The number of anilines is 1. The molecule has 0 unspecified atom stereocenters. The lowest BCUT2D eigenvalue weighted by Gasteiger charge is -2.03. The van der Waals surface area contributed by atoms with Crippen molar-refractivity contribution in [3.05, 3.63) is 54.6 Å². The van der Waals surface area contributed by atoms with Gasteiger partial charge in [0, 0.05) is 11.1 Å². The first-order valence-corrected chi connectivity index (χ1v) is 6.71. The highest BCUT2D eigenvalue weighted by Gasteiger charge is 2.22. The Balaban J connectivity index is 1.91. The third-order valence-electron chi connectivity index (χ3n) is 3.44. The van der Waals surface area contributed by atoms with Crippen molar-refractivity contribution < 1.29 is 4.79 Å². The lowest BCUT2D eigenvalue weighted by Crippen LogP contribution is -2.17. The summed E-state index contributed by atoms with van der Waals surface area (Å²) in [6.07, 6.45) is 0. The van der Waals surface area contributed by atoms with Crippen LogP contribution in [0.2, 0.25) is 0 Å². The van der Waals surface area contributed by atoms with Crippen LogP contribution in [-0.4, -0.2) is 20.7 Å². The van der Waals surface area contributed by atoms with Crippen molar-refractivity contribution in [2.45, 2.75) is 6.54 Å². The van der Waals surface area contributed by atoms with E-state index in [1.807, 2.05) is 54.6 Å². The van der Waals surface area contributed by atoms with Crippen LogP contribution in [0.1, 0.15) is 0 Å². The largest absolute Gasteiger partial charge is 0.324 e. The molecule has 0 aliphatic carbocycles. The lowest BCUT2D eigenvalue weighted by molar-refractivity contribution is -0.116. The molecule has 2 aromatic carbocycles. The fourth-order valence-corrected chi connectivity index (χ4v) is 2.47. The van der Waals surface area contributed by atoms with Gasteiger partial charge in [0.25, 0.3) is 0 Å². The molecule has 0 radical (unpaired) electrons. The van der Waals surface area contributed by atoms with E-state index in [-0.39, 0.29) is 12.5 Å². The van der Waals surface area contributed by atoms with Gasteiger partial charge in [-0.05, 0) is 12.1 Å². The lowest BCUT2D eigenvalue weighted by atomic mass is 10.1. The van der Waals surface area contributed by atoms with Crippen molar-refractivity contribution >= 4 is 11.6 Å². The Labute approximate surface area is 121 Å². The number of amides is 1. The van der Waals surface area contributed by atoms with Crippen molar-refractivity contribution in [2.24, 2.45) is 0 Å². The van der Waals surface area contributed by atoms with Gasteiger partial charge in [-0.3, -0.25) is 4.79 Å². The zero-order chi connectivity index (χ0) is 14.2. The maximum absolute atomic E-state index is 12.0. The first-order valence-electron chi connectivity index (χ1n) is 6.71. The number of hydrogen-bond donors (Lipinski definition) is 1. The summed E-state index contributed by atoms with van der Waals surface area (Å²) in [7, 11) is 0. The van der Waals surface area contributed by atoms with Crippen LogP contribution in [0, 0.1) is 0 Å². The van der Waals surface area contributed by atoms with Crippen LogP contribution in [0.25, 0.3) is 22.8 Å². The van der Waals surface area contributed by atoms with Crippen LogP contribution in [0.15, 0.2) is 54.6 Å². The molecule has 0 bridgehead atoms. The van der Waals surface area contributed by atoms with E-state index < -0.39 is 0 Å². The fraction of sp³-hybridized carbons (Fsp3) is 0.0625. The molecule has 0 atom stereocenters. The van der Waals surface area contributed by atoms with Gasteiger partial charge in [0.2, 0.25) is 5.91 Å². The van der Waals surface area contributed by atoms with Crippen LogP contribution in [0.3, 0.4) is 0 Å². The van der Waals surface area contributed by atoms with Gasteiger partial charge in [0.05, 0.1) is 5.69 Å². The maximum atomic E-state index is 12.0. The third kappa shape index (κ3) is 1.99. The summed E-state index contributed by atoms with van der Waals surface area (Å²) in [5.41, 5.74) is 2.60. The van der Waals surface area contributed by atoms with Gasteiger partial charge < -0.3 is 5.32 Å². The highest BCUT2D eigenvalue weighted by atomic mass is 16.2. The molecule has 4 rings (SSSR count). The molecule has 0 fully saturated rings. The number of para-hydroxylation sites is 1. The minimum Gasteiger partial charge on any atom is -0.324 e. The molecule has 21 heavy (non-hydrogen) atoms. The topological polar surface area (TPSA) is 59.8 Å². The number of rotatable bonds is 1. The number of carbonyl (C=O) groups is 1. The predicted molar refractivity (Wildman–Crippen MR) is 79.5 cm³/mol. The number of aromatic nitrogens is 3. The summed E-state index contributed by atoms with van der Waals surface area (Å²) in [4.78, 5) is 16.6. The smallest absolute Gasteiger partial charge is 0.246 e. The van der Waals surface area contributed by atoms with Crippen molar-refractivity contribution in [3.63, 3.8) is 0 Å². The first kappa shape index (κ1) is 11.8. The van der Waals surface area contributed by atoms with Crippen LogP contribution in [-0.2, 0) is 11.3 Å². The van der Waals surface area contributed by atoms with E-state index in [1.54, 1.807) is 4.68 Å². The molecule has 1 aliphatic heterocycles. The Bertz CT molecular complexity index is 823. The summed E-state index contributed by atoms with van der Waals surface area (Å²) in [5, 5.41) is 7.35. The summed E-state index contributed by atoms with van der Waals surface area (Å²) in [5.74, 6) is 1.25. The molecule has 5 nitrogen and oxygen atoms in total. The molecule has 1 amide bonds. The first-order chi connectivity index (χ1) is 10.3. The molecule has 1 aliphatic rings. The number of hydrogen-bond acceptors (Lipinski definition) is 3. The van der Waals surface area contributed by atoms with E-state index in [4.69, 9.17) is 0 Å². The third-order valence-corrected chi connectivity index (χ3v) is 3.44. The van der Waals surface area contributed by atoms with Crippen molar-refractivity contribution in [1.29, 1.82) is 0 Å². The fourth-order valence-electron chi connectivity index (χ4n) is 2.47. The highest BCUT2D eigenvalue weighted by Crippen LogP contribution is 2.30. The minimum atomic E-state index is -0.0919. The maximum Gasteiger partial charge on any atom is 0.246 e. The van der Waals surface area contributed by atoms with Crippen LogP contribution < -0.4 is 5.32 Å². The molecule has 102 valence electrons. The van der Waals surface area contributed by atoms with E-state index in [0.29, 0.717) is 11.6 Å². The second-order valence-electron chi connectivity index (χ2n) is 4.88. The molecule has 0 spiro atoms. The van der Waals surface area contributed by atoms with Gasteiger partial charge in [0.1, 0.15) is 6.54 Å². The Kier molecular flexibility index (Phi) is 2.57. The predicted octanol–water partition coefficient (Wildman–Crippen LogP) is 2.56. The summed E-state index contributed by atoms with van der Waals surface area (Å²) in [6.45, 7) is 0.170. The van der Waals surface area contributed by atoms with E-state index in [0.717, 1.165) is 16.8 Å². The number of benzene rings is 2. The van der Waals surface area contributed by atoms with Gasteiger partial charge >= 0.3 is 0 Å². The molecule has 1 N–H and O–H groups in total. The van der Waals surface area contributed by atoms with Gasteiger partial charge in [-0.15, -0.1) is 5.10 Å². The van der Waals surface area contributed by atoms with Crippen LogP contribution in [0.5, 0.6) is 0 Å². The second-order valence-corrected chi connectivity index (χ2v) is 4.88. The SMILES string of the molecule is O=C1Cn2nc(-c3ccccc3)nc2-c2ccccc2N1. The number of nitrogens with zero attached hydrogens (tertiary/aromatic N) is 3. The molecule has 2 heterocycles. The molecule has 5 heteroatoms. The zero-order valence-electron chi connectivity index (χ0n) is 11.2. The standard InChI is InChI=1S/C16H12N4O/c21-14-10-20-16(12-8-4-5-9-13(12)17-14)18-15(19-20)11-6-2-1-3-7-11/h1-9H,10H2,(H,17,21). The molecule has 1 aromatic heterocycles. The Morgan fingerprint density at radius 3 is 2.62 bits per heavy atom. The molecular weight excluding hydrogens is 264 g/mol. The summed E-state index contributed by atoms with van der Waals surface area (Å²) in [6, 6.07) is 17.4. The van der Waals surface area contributed by atoms with Crippen LogP contribution in [0.4, 0.5) is 5.69 Å². The van der Waals surface area contributed by atoms with E-state index in [9.17, 15) is 4.79 Å². The molecule has 0 saturated carbocycles. The van der Waals surface area contributed by atoms with Gasteiger partial charge in [-0.1, -0.05) is 42.5 Å². The monoisotopic (exact) mass is 276 g/mol. The van der Waals surface area contributed by atoms with Gasteiger partial charge in [0.15, 0.2) is 11.6 Å². The summed E-state index contributed by atoms with van der Waals surface area (Å²) >= 11 is 0. The van der Waals surface area contributed by atoms with Crippen molar-refractivity contribution in [2.75, 3.05) is 5.32 Å². The molecule has 3 aromatic rings. The molecule has 0 saturated heterocycles. The van der Waals surface area contributed by atoms with Gasteiger partial charge in [-0.25, -0.2) is 9.67 Å². The normalized spacial score (nSPS) is 13.0. The average molecular weight is 276 g/mol. The molecular formula is C16H12N4O. The highest BCUT2D eigenvalue weighted by molar-refractivity contribution is 5.96. The minimum absolute atomic E-state index is 0.0919. The van der Waals surface area contributed by atoms with E-state index in [1.165, 1.54) is 0 Å². The average Bonchev–Trinajstić information content (AvgIpc) is 2.87. The van der Waals surface area contributed by atoms with Crippen molar-refractivity contribution in [1.82, 2.24) is 14.8 Å². The van der Waals surface area contributed by atoms with Gasteiger partial charge in [-0.2, -0.15) is 0 Å². The van der Waals surface area contributed by atoms with E-state index in [2.05, 4.69) is 15.4 Å². The Hall–Kier alpha value is -2.95. The van der Waals surface area contributed by atoms with Crippen LogP contribution >= 0.6 is 0 Å². The second kappa shape index (κ2) is 4.56. The number of fused-ring (bicyclic) bond motifs is 3. The summed E-state index contributed by atoms with van der Waals surface area (Å²) < 4.78 is 1.66. The number of nitrogens with one attached hydrogen (secondary N) is 1. The Morgan fingerprint density at radius 2 is 1.76 bits per heavy atom. The zero-order valence-corrected chi connectivity index (χ0v) is 11.2. The number of carbonyl (C=O) groups excluding carboxylic acids is 1. The van der Waals surface area contributed by atoms with Crippen molar-refractivity contribution in [3.8, 4) is 22.8 Å². The Morgan fingerprint density at radius 1 is 1.00 bits per heavy atom. The quantitative estimate of drug-likeness (QED) is 0.743. The van der Waals surface area contributed by atoms with E-state index >= 15 is 0 Å².